The monoisotopic (exact) mass is 427 g/mol. The Bertz CT molecular complexity index is 1100. The Morgan fingerprint density at radius 3 is 2.58 bits per heavy atom. The summed E-state index contributed by atoms with van der Waals surface area (Å²) in [7, 11) is 0. The lowest BCUT2D eigenvalue weighted by Gasteiger charge is -2.36. The summed E-state index contributed by atoms with van der Waals surface area (Å²) in [5.41, 5.74) is 1.27. The number of carboxylic acids is 1. The Morgan fingerprint density at radius 1 is 1.16 bits per heavy atom. The van der Waals surface area contributed by atoms with Crippen LogP contribution < -0.4 is 15.8 Å². The van der Waals surface area contributed by atoms with Gasteiger partial charge in [0.2, 0.25) is 5.91 Å². The van der Waals surface area contributed by atoms with Gasteiger partial charge in [-0.25, -0.2) is 4.68 Å². The van der Waals surface area contributed by atoms with Gasteiger partial charge in [-0.1, -0.05) is 0 Å². The third-order valence-electron chi connectivity index (χ3n) is 5.97. The summed E-state index contributed by atoms with van der Waals surface area (Å²) in [5, 5.41) is 16.7. The first-order chi connectivity index (χ1) is 14.8. The summed E-state index contributed by atoms with van der Waals surface area (Å²) < 4.78 is 1.19. The standard InChI is InChI=1S/C21H25N5O5/c1-13-16-12-14(25-10-8-24(9-11-25)7-6-19(28)29)2-3-15(16)21(31)26(23-13)17-4-5-18(27)22-20(17)30/h2-3,12,17H,4-11H2,1H3,(H,28,29)(H,22,27,30). The summed E-state index contributed by atoms with van der Waals surface area (Å²) in [6.07, 6.45) is 0.575. The molecule has 2 fully saturated rings. The predicted octanol–water partition coefficient (Wildman–Crippen LogP) is 0.279. The highest BCUT2D eigenvalue weighted by molar-refractivity contribution is 5.99. The number of anilines is 1. The van der Waals surface area contributed by atoms with Crippen molar-refractivity contribution in [3.8, 4) is 0 Å². The smallest absolute Gasteiger partial charge is 0.304 e. The molecule has 164 valence electrons. The van der Waals surface area contributed by atoms with Crippen molar-refractivity contribution in [2.45, 2.75) is 32.2 Å². The fraction of sp³-hybridized carbons (Fsp3) is 0.476. The lowest BCUT2D eigenvalue weighted by Crippen LogP contribution is -2.47. The van der Waals surface area contributed by atoms with E-state index in [1.807, 2.05) is 12.1 Å². The van der Waals surface area contributed by atoms with Crippen molar-refractivity contribution in [2.24, 2.45) is 0 Å². The molecule has 2 aliphatic heterocycles. The number of carboxylic acid groups (broad SMARTS) is 1. The third kappa shape index (κ3) is 4.29. The maximum Gasteiger partial charge on any atom is 0.304 e. The fourth-order valence-electron chi connectivity index (χ4n) is 4.21. The largest absolute Gasteiger partial charge is 0.481 e. The lowest BCUT2D eigenvalue weighted by atomic mass is 10.1. The van der Waals surface area contributed by atoms with Crippen molar-refractivity contribution in [2.75, 3.05) is 37.6 Å². The van der Waals surface area contributed by atoms with E-state index in [2.05, 4.69) is 20.2 Å². The lowest BCUT2D eigenvalue weighted by molar-refractivity contribution is -0.138. The van der Waals surface area contributed by atoms with Gasteiger partial charge < -0.3 is 10.0 Å². The molecule has 2 amide bonds. The highest BCUT2D eigenvalue weighted by atomic mass is 16.4. The zero-order valence-corrected chi connectivity index (χ0v) is 17.3. The first-order valence-corrected chi connectivity index (χ1v) is 10.4. The molecule has 0 radical (unpaired) electrons. The van der Waals surface area contributed by atoms with Crippen molar-refractivity contribution in [1.29, 1.82) is 0 Å². The number of piperazine rings is 1. The number of hydrogen-bond acceptors (Lipinski definition) is 7. The van der Waals surface area contributed by atoms with Crippen LogP contribution in [0.2, 0.25) is 0 Å². The van der Waals surface area contributed by atoms with E-state index in [9.17, 15) is 19.2 Å². The van der Waals surface area contributed by atoms with Crippen LogP contribution in [0.1, 0.15) is 31.0 Å². The van der Waals surface area contributed by atoms with Crippen LogP contribution in [0.15, 0.2) is 23.0 Å². The molecule has 10 nitrogen and oxygen atoms in total. The van der Waals surface area contributed by atoms with Crippen molar-refractivity contribution in [1.82, 2.24) is 20.0 Å². The fourth-order valence-corrected chi connectivity index (χ4v) is 4.21. The number of nitrogens with one attached hydrogen (secondary N) is 1. The third-order valence-corrected chi connectivity index (χ3v) is 5.97. The van der Waals surface area contributed by atoms with Gasteiger partial charge >= 0.3 is 5.97 Å². The van der Waals surface area contributed by atoms with Crippen LogP contribution in [-0.2, 0) is 14.4 Å². The molecule has 4 rings (SSSR count). The number of fused-ring (bicyclic) bond motifs is 1. The average molecular weight is 427 g/mol. The number of piperidine rings is 1. The topological polar surface area (TPSA) is 125 Å². The van der Waals surface area contributed by atoms with E-state index in [0.29, 0.717) is 17.6 Å². The number of hydrogen-bond donors (Lipinski definition) is 2. The Hall–Kier alpha value is -3.27. The van der Waals surface area contributed by atoms with Crippen molar-refractivity contribution >= 4 is 34.2 Å². The number of aromatic nitrogens is 2. The molecule has 0 saturated carbocycles. The van der Waals surface area contributed by atoms with Crippen molar-refractivity contribution in [3.63, 3.8) is 0 Å². The minimum atomic E-state index is -0.789. The van der Waals surface area contributed by atoms with E-state index in [4.69, 9.17) is 5.11 Å². The molecule has 2 aliphatic rings. The van der Waals surface area contributed by atoms with Gasteiger partial charge in [0, 0.05) is 50.2 Å². The van der Waals surface area contributed by atoms with E-state index in [1.165, 1.54) is 4.68 Å². The quantitative estimate of drug-likeness (QED) is 0.652. The van der Waals surface area contributed by atoms with Gasteiger partial charge in [0.15, 0.2) is 0 Å². The van der Waals surface area contributed by atoms with E-state index in [-0.39, 0.29) is 30.7 Å². The number of benzene rings is 1. The maximum atomic E-state index is 13.0. The van der Waals surface area contributed by atoms with Gasteiger partial charge in [0.05, 0.1) is 17.5 Å². The molecule has 10 heteroatoms. The van der Waals surface area contributed by atoms with E-state index < -0.39 is 17.9 Å². The first kappa shape index (κ1) is 21.0. The van der Waals surface area contributed by atoms with E-state index in [1.54, 1.807) is 13.0 Å². The molecule has 2 N–H and O–H groups in total. The van der Waals surface area contributed by atoms with Gasteiger partial charge in [-0.2, -0.15) is 5.10 Å². The van der Waals surface area contributed by atoms with Gasteiger partial charge in [0.1, 0.15) is 6.04 Å². The van der Waals surface area contributed by atoms with E-state index >= 15 is 0 Å². The van der Waals surface area contributed by atoms with Crippen LogP contribution in [0.4, 0.5) is 5.69 Å². The van der Waals surface area contributed by atoms with Gasteiger partial charge in [-0.3, -0.25) is 29.4 Å². The summed E-state index contributed by atoms with van der Waals surface area (Å²) in [6, 6.07) is 4.82. The van der Waals surface area contributed by atoms with Crippen LogP contribution in [0, 0.1) is 6.92 Å². The zero-order chi connectivity index (χ0) is 22.1. The minimum absolute atomic E-state index is 0.139. The summed E-state index contributed by atoms with van der Waals surface area (Å²) in [5.74, 6) is -1.62. The number of carbonyl (C=O) groups excluding carboxylic acids is 2. The molecule has 0 aliphatic carbocycles. The van der Waals surface area contributed by atoms with Crippen molar-refractivity contribution < 1.29 is 19.5 Å². The molecule has 1 unspecified atom stereocenters. The molecule has 3 heterocycles. The summed E-state index contributed by atoms with van der Waals surface area (Å²) in [4.78, 5) is 51.8. The number of aliphatic carboxylic acids is 1. The molecule has 2 aromatic rings. The Balaban J connectivity index is 1.56. The number of aryl methyl sites for hydroxylation is 1. The van der Waals surface area contributed by atoms with Crippen LogP contribution in [0.3, 0.4) is 0 Å². The maximum absolute atomic E-state index is 13.0. The molecule has 1 atom stereocenters. The number of imide groups is 1. The van der Waals surface area contributed by atoms with Crippen LogP contribution in [-0.4, -0.2) is 70.3 Å². The predicted molar refractivity (Wildman–Crippen MR) is 113 cm³/mol. The highest BCUT2D eigenvalue weighted by Gasteiger charge is 2.30. The van der Waals surface area contributed by atoms with Crippen LogP contribution in [0.5, 0.6) is 0 Å². The number of rotatable bonds is 5. The highest BCUT2D eigenvalue weighted by Crippen LogP contribution is 2.24. The zero-order valence-electron chi connectivity index (χ0n) is 17.3. The normalized spacial score (nSPS) is 20.2. The van der Waals surface area contributed by atoms with E-state index in [0.717, 1.165) is 37.3 Å². The second-order valence-electron chi connectivity index (χ2n) is 8.00. The van der Waals surface area contributed by atoms with Gasteiger partial charge in [-0.15, -0.1) is 0 Å². The summed E-state index contributed by atoms with van der Waals surface area (Å²) in [6.45, 7) is 5.44. The molecule has 1 aromatic heterocycles. The van der Waals surface area contributed by atoms with Crippen molar-refractivity contribution in [3.05, 3.63) is 34.2 Å². The van der Waals surface area contributed by atoms with Crippen LogP contribution in [0.25, 0.3) is 10.8 Å². The molecule has 31 heavy (non-hydrogen) atoms. The molecular formula is C21H25N5O5. The molecule has 0 spiro atoms. The SMILES string of the molecule is Cc1nn(C2CCC(=O)NC2=O)c(=O)c2ccc(N3CCN(CCC(=O)O)CC3)cc12. The second-order valence-corrected chi connectivity index (χ2v) is 8.00. The Labute approximate surface area is 178 Å². The molecule has 1 aromatic carbocycles. The molecule has 0 bridgehead atoms. The number of nitrogens with zero attached hydrogens (tertiary/aromatic N) is 4. The molecule has 2 saturated heterocycles. The Kier molecular flexibility index (Phi) is 5.73. The number of amides is 2. The molecular weight excluding hydrogens is 402 g/mol. The first-order valence-electron chi connectivity index (χ1n) is 10.4. The number of carbonyl (C=O) groups is 3. The van der Waals surface area contributed by atoms with Gasteiger partial charge in [-0.05, 0) is 31.5 Å². The minimum Gasteiger partial charge on any atom is -0.481 e. The summed E-state index contributed by atoms with van der Waals surface area (Å²) >= 11 is 0. The van der Waals surface area contributed by atoms with Gasteiger partial charge in [0.25, 0.3) is 11.5 Å². The second kappa shape index (κ2) is 8.46. The van der Waals surface area contributed by atoms with Crippen LogP contribution >= 0.6 is 0 Å². The Morgan fingerprint density at radius 2 is 1.90 bits per heavy atom. The average Bonchev–Trinajstić information content (AvgIpc) is 2.75.